The fourth-order valence-corrected chi connectivity index (χ4v) is 3.41. The van der Waals surface area contributed by atoms with Crippen molar-refractivity contribution in [2.24, 2.45) is 0 Å². The van der Waals surface area contributed by atoms with E-state index >= 15 is 0 Å². The highest BCUT2D eigenvalue weighted by Gasteiger charge is 2.23. The van der Waals surface area contributed by atoms with Crippen molar-refractivity contribution in [3.05, 3.63) is 35.9 Å². The van der Waals surface area contributed by atoms with E-state index in [1.165, 1.54) is 0 Å². The van der Waals surface area contributed by atoms with Crippen molar-refractivity contribution in [1.29, 1.82) is 0 Å². The summed E-state index contributed by atoms with van der Waals surface area (Å²) in [4.78, 5) is 40.6. The molecule has 0 saturated heterocycles. The van der Waals surface area contributed by atoms with Crippen LogP contribution in [0.1, 0.15) is 47.1 Å². The predicted octanol–water partition coefficient (Wildman–Crippen LogP) is 2.04. The Hall–Kier alpha value is -2.57. The lowest BCUT2D eigenvalue weighted by Crippen LogP contribution is -2.41. The molecule has 0 aliphatic carbocycles. The number of ether oxygens (including phenoxy) is 5. The summed E-state index contributed by atoms with van der Waals surface area (Å²) in [6.07, 6.45) is 0. The highest BCUT2D eigenvalue weighted by Crippen LogP contribution is 2.10. The average molecular weight is 569 g/mol. The molecule has 0 aliphatic rings. The van der Waals surface area contributed by atoms with E-state index in [4.69, 9.17) is 28.8 Å². The van der Waals surface area contributed by atoms with Crippen molar-refractivity contribution in [3.8, 4) is 0 Å². The first-order valence-corrected chi connectivity index (χ1v) is 13.6. The van der Waals surface area contributed by atoms with Crippen molar-refractivity contribution >= 4 is 17.9 Å². The van der Waals surface area contributed by atoms with E-state index in [0.29, 0.717) is 32.8 Å². The van der Waals surface area contributed by atoms with Crippen LogP contribution in [0.25, 0.3) is 0 Å². The third-order valence-corrected chi connectivity index (χ3v) is 5.03. The molecule has 0 bridgehead atoms. The van der Waals surface area contributed by atoms with E-state index in [2.05, 4.69) is 0 Å². The maximum absolute atomic E-state index is 12.4. The van der Waals surface area contributed by atoms with E-state index in [9.17, 15) is 14.4 Å². The number of carbonyl (C=O) groups excluding carboxylic acids is 3. The molecule has 11 heteroatoms. The molecule has 0 atom stereocenters. The molecule has 1 N–H and O–H groups in total. The zero-order valence-corrected chi connectivity index (χ0v) is 25.0. The number of hydrogen-bond acceptors (Lipinski definition) is 11. The molecule has 1 aromatic carbocycles. The van der Waals surface area contributed by atoms with Gasteiger partial charge in [-0.05, 0) is 47.1 Å². The number of nitrogens with zero attached hydrogens (tertiary/aromatic N) is 2. The van der Waals surface area contributed by atoms with Gasteiger partial charge in [0.2, 0.25) is 0 Å². The van der Waals surface area contributed by atoms with Gasteiger partial charge in [-0.15, -0.1) is 0 Å². The molecule has 1 rings (SSSR count). The number of carbonyl (C=O) groups is 3. The SMILES string of the molecule is CC(C)(C)OC(=O)CN(CCOCCN(CCOCCO)CC(=O)OCc1ccccc1)CC(=O)OC(C)(C)C. The molecule has 0 unspecified atom stereocenters. The number of aliphatic hydroxyl groups is 1. The van der Waals surface area contributed by atoms with Crippen molar-refractivity contribution < 1.29 is 43.2 Å². The Morgan fingerprint density at radius 2 is 1.12 bits per heavy atom. The molecule has 228 valence electrons. The molecule has 0 heterocycles. The van der Waals surface area contributed by atoms with Crippen LogP contribution in [0.4, 0.5) is 0 Å². The lowest BCUT2D eigenvalue weighted by molar-refractivity contribution is -0.160. The molecule has 0 aromatic heterocycles. The van der Waals surface area contributed by atoms with Crippen molar-refractivity contribution in [1.82, 2.24) is 9.80 Å². The number of benzene rings is 1. The molecule has 0 spiro atoms. The van der Waals surface area contributed by atoms with Crippen LogP contribution in [0.5, 0.6) is 0 Å². The first-order chi connectivity index (χ1) is 18.8. The summed E-state index contributed by atoms with van der Waals surface area (Å²) in [6.45, 7) is 13.0. The number of aliphatic hydroxyl groups excluding tert-OH is 1. The van der Waals surface area contributed by atoms with Crippen LogP contribution in [0.2, 0.25) is 0 Å². The quantitative estimate of drug-likeness (QED) is 0.150. The van der Waals surface area contributed by atoms with Gasteiger partial charge >= 0.3 is 17.9 Å². The zero-order chi connectivity index (χ0) is 30.0. The van der Waals surface area contributed by atoms with Crippen LogP contribution >= 0.6 is 0 Å². The van der Waals surface area contributed by atoms with Crippen LogP contribution in [0.3, 0.4) is 0 Å². The number of hydrogen-bond donors (Lipinski definition) is 1. The molecule has 11 nitrogen and oxygen atoms in total. The Morgan fingerprint density at radius 1 is 0.675 bits per heavy atom. The van der Waals surface area contributed by atoms with Crippen LogP contribution < -0.4 is 0 Å². The second-order valence-corrected chi connectivity index (χ2v) is 11.3. The monoisotopic (exact) mass is 568 g/mol. The van der Waals surface area contributed by atoms with Crippen molar-refractivity contribution in [2.75, 3.05) is 72.3 Å². The smallest absolute Gasteiger partial charge is 0.320 e. The highest BCUT2D eigenvalue weighted by atomic mass is 16.6. The number of esters is 3. The Bertz CT molecular complexity index is 836. The summed E-state index contributed by atoms with van der Waals surface area (Å²) < 4.78 is 27.3. The van der Waals surface area contributed by atoms with Crippen LogP contribution in [0, 0.1) is 0 Å². The fourth-order valence-electron chi connectivity index (χ4n) is 3.41. The van der Waals surface area contributed by atoms with E-state index < -0.39 is 23.1 Å². The van der Waals surface area contributed by atoms with Gasteiger partial charge in [0.05, 0.1) is 52.7 Å². The molecular weight excluding hydrogens is 520 g/mol. The normalized spacial score (nSPS) is 12.0. The third kappa shape index (κ3) is 19.5. The topological polar surface area (TPSA) is 124 Å². The van der Waals surface area contributed by atoms with Crippen molar-refractivity contribution in [3.63, 3.8) is 0 Å². The van der Waals surface area contributed by atoms with E-state index in [1.807, 2.05) is 35.2 Å². The van der Waals surface area contributed by atoms with E-state index in [1.54, 1.807) is 46.4 Å². The van der Waals surface area contributed by atoms with Gasteiger partial charge in [-0.2, -0.15) is 0 Å². The fraction of sp³-hybridized carbons (Fsp3) is 0.690. The second-order valence-electron chi connectivity index (χ2n) is 11.3. The Balaban J connectivity index is 2.58. The standard InChI is InChI=1S/C29H48N2O9/c1-28(2,3)39-26(34)21-31(22-27(35)40-29(4,5)6)14-18-36-16-12-30(13-17-37-19-15-32)20-25(33)38-23-24-10-8-7-9-11-24/h7-11,32H,12-23H2,1-6H3. The summed E-state index contributed by atoms with van der Waals surface area (Å²) in [5.74, 6) is -1.26. The maximum atomic E-state index is 12.4. The van der Waals surface area contributed by atoms with Crippen LogP contribution in [-0.4, -0.2) is 116 Å². The van der Waals surface area contributed by atoms with E-state index in [0.717, 1.165) is 5.56 Å². The molecule has 0 fully saturated rings. The zero-order valence-electron chi connectivity index (χ0n) is 25.0. The van der Waals surface area contributed by atoms with Gasteiger partial charge in [0.15, 0.2) is 0 Å². The van der Waals surface area contributed by atoms with Gasteiger partial charge in [0.25, 0.3) is 0 Å². The predicted molar refractivity (Wildman–Crippen MR) is 150 cm³/mol. The summed E-state index contributed by atoms with van der Waals surface area (Å²) >= 11 is 0. The second kappa shape index (κ2) is 18.7. The maximum Gasteiger partial charge on any atom is 0.320 e. The van der Waals surface area contributed by atoms with Crippen molar-refractivity contribution in [2.45, 2.75) is 59.4 Å². The van der Waals surface area contributed by atoms with Crippen LogP contribution in [0.15, 0.2) is 30.3 Å². The largest absolute Gasteiger partial charge is 0.460 e. The summed E-state index contributed by atoms with van der Waals surface area (Å²) in [7, 11) is 0. The molecule has 0 amide bonds. The molecule has 1 aromatic rings. The summed E-state index contributed by atoms with van der Waals surface area (Å²) in [5.41, 5.74) is -0.380. The molecular formula is C29H48N2O9. The van der Waals surface area contributed by atoms with Gasteiger partial charge < -0.3 is 28.8 Å². The molecule has 0 radical (unpaired) electrons. The lowest BCUT2D eigenvalue weighted by atomic mass is 10.2. The minimum absolute atomic E-state index is 0.0576. The van der Waals surface area contributed by atoms with Gasteiger partial charge in [-0.1, -0.05) is 30.3 Å². The molecule has 0 saturated carbocycles. The Morgan fingerprint density at radius 3 is 1.60 bits per heavy atom. The first-order valence-electron chi connectivity index (χ1n) is 13.6. The van der Waals surface area contributed by atoms with E-state index in [-0.39, 0.29) is 52.0 Å². The third-order valence-electron chi connectivity index (χ3n) is 5.03. The lowest BCUT2D eigenvalue weighted by Gasteiger charge is -2.26. The van der Waals surface area contributed by atoms with Gasteiger partial charge in [0.1, 0.15) is 17.8 Å². The Labute approximate surface area is 238 Å². The Kier molecular flexibility index (Phi) is 16.6. The van der Waals surface area contributed by atoms with Gasteiger partial charge in [-0.3, -0.25) is 24.2 Å². The molecule has 0 aliphatic heterocycles. The minimum Gasteiger partial charge on any atom is -0.460 e. The first kappa shape index (κ1) is 35.5. The highest BCUT2D eigenvalue weighted by molar-refractivity contribution is 5.75. The average Bonchev–Trinajstić information content (AvgIpc) is 2.83. The summed E-state index contributed by atoms with van der Waals surface area (Å²) in [5, 5.41) is 8.93. The molecule has 40 heavy (non-hydrogen) atoms. The van der Waals surface area contributed by atoms with Gasteiger partial charge in [-0.25, -0.2) is 0 Å². The minimum atomic E-state index is -0.641. The van der Waals surface area contributed by atoms with Gasteiger partial charge in [0, 0.05) is 19.6 Å². The number of rotatable bonds is 19. The van der Waals surface area contributed by atoms with Crippen LogP contribution in [-0.2, 0) is 44.7 Å². The summed E-state index contributed by atoms with van der Waals surface area (Å²) in [6, 6.07) is 9.43.